The lowest BCUT2D eigenvalue weighted by Gasteiger charge is -2.01. The van der Waals surface area contributed by atoms with Crippen LogP contribution in [-0.2, 0) is 13.0 Å². The minimum Gasteiger partial charge on any atom is -0.477 e. The summed E-state index contributed by atoms with van der Waals surface area (Å²) < 4.78 is 6.50. The van der Waals surface area contributed by atoms with Crippen molar-refractivity contribution >= 4 is 5.97 Å². The van der Waals surface area contributed by atoms with E-state index in [-0.39, 0.29) is 5.69 Å². The highest BCUT2D eigenvalue weighted by Crippen LogP contribution is 2.06. The standard InChI is InChI=1S/C10H11N3O3/c1-2-9-11-8(12-16-9)6-13-5-3-4-7(13)10(14)15/h3-5H,2,6H2,1H3,(H,14,15). The first-order valence-corrected chi connectivity index (χ1v) is 4.90. The van der Waals surface area contributed by atoms with Crippen LogP contribution >= 0.6 is 0 Å². The number of carbonyl (C=O) groups is 1. The maximum Gasteiger partial charge on any atom is 0.352 e. The van der Waals surface area contributed by atoms with Crippen molar-refractivity contribution in [2.45, 2.75) is 19.9 Å². The number of nitrogens with zero attached hydrogens (tertiary/aromatic N) is 3. The summed E-state index contributed by atoms with van der Waals surface area (Å²) >= 11 is 0. The van der Waals surface area contributed by atoms with Gasteiger partial charge in [-0.25, -0.2) is 4.79 Å². The molecule has 6 heteroatoms. The lowest BCUT2D eigenvalue weighted by atomic mass is 10.4. The van der Waals surface area contributed by atoms with Gasteiger partial charge in [-0.05, 0) is 12.1 Å². The Balaban J connectivity index is 2.20. The molecule has 0 aliphatic heterocycles. The van der Waals surface area contributed by atoms with Crippen molar-refractivity contribution in [2.75, 3.05) is 0 Å². The van der Waals surface area contributed by atoms with Crippen LogP contribution in [0.1, 0.15) is 29.1 Å². The largest absolute Gasteiger partial charge is 0.477 e. The Morgan fingerprint density at radius 2 is 2.44 bits per heavy atom. The molecule has 0 bridgehead atoms. The van der Waals surface area contributed by atoms with E-state index in [9.17, 15) is 4.79 Å². The molecule has 0 fully saturated rings. The lowest BCUT2D eigenvalue weighted by molar-refractivity contribution is 0.0685. The fraction of sp³-hybridized carbons (Fsp3) is 0.300. The average molecular weight is 221 g/mol. The molecule has 0 saturated carbocycles. The predicted molar refractivity (Wildman–Crippen MR) is 54.2 cm³/mol. The fourth-order valence-electron chi connectivity index (χ4n) is 1.40. The molecule has 0 spiro atoms. The second kappa shape index (κ2) is 4.18. The van der Waals surface area contributed by atoms with E-state index in [1.807, 2.05) is 6.92 Å². The quantitative estimate of drug-likeness (QED) is 0.838. The summed E-state index contributed by atoms with van der Waals surface area (Å²) in [7, 11) is 0. The van der Waals surface area contributed by atoms with Crippen molar-refractivity contribution < 1.29 is 14.4 Å². The molecule has 0 radical (unpaired) electrons. The third-order valence-corrected chi connectivity index (χ3v) is 2.17. The average Bonchev–Trinajstić information content (AvgIpc) is 2.87. The van der Waals surface area contributed by atoms with E-state index in [4.69, 9.17) is 9.63 Å². The van der Waals surface area contributed by atoms with Crippen molar-refractivity contribution in [1.82, 2.24) is 14.7 Å². The van der Waals surface area contributed by atoms with Gasteiger partial charge in [-0.2, -0.15) is 4.98 Å². The molecular formula is C10H11N3O3. The van der Waals surface area contributed by atoms with E-state index in [2.05, 4.69) is 10.1 Å². The minimum absolute atomic E-state index is 0.211. The summed E-state index contributed by atoms with van der Waals surface area (Å²) in [5, 5.41) is 12.7. The van der Waals surface area contributed by atoms with Crippen molar-refractivity contribution in [1.29, 1.82) is 0 Å². The van der Waals surface area contributed by atoms with Crippen LogP contribution in [0.25, 0.3) is 0 Å². The number of carboxylic acids is 1. The van der Waals surface area contributed by atoms with E-state index in [0.717, 1.165) is 0 Å². The number of aromatic nitrogens is 3. The monoisotopic (exact) mass is 221 g/mol. The van der Waals surface area contributed by atoms with Crippen LogP contribution in [0.4, 0.5) is 0 Å². The fourth-order valence-corrected chi connectivity index (χ4v) is 1.40. The minimum atomic E-state index is -0.968. The highest BCUT2D eigenvalue weighted by Gasteiger charge is 2.11. The van der Waals surface area contributed by atoms with Crippen LogP contribution < -0.4 is 0 Å². The Bertz CT molecular complexity index is 501. The first kappa shape index (κ1) is 10.4. The Morgan fingerprint density at radius 1 is 1.62 bits per heavy atom. The zero-order valence-electron chi connectivity index (χ0n) is 8.75. The van der Waals surface area contributed by atoms with Gasteiger partial charge in [0.05, 0.1) is 6.54 Å². The van der Waals surface area contributed by atoms with Gasteiger partial charge in [0.25, 0.3) is 0 Å². The first-order valence-electron chi connectivity index (χ1n) is 4.90. The third kappa shape index (κ3) is 1.95. The van der Waals surface area contributed by atoms with Crippen molar-refractivity contribution in [2.24, 2.45) is 0 Å². The van der Waals surface area contributed by atoms with Gasteiger partial charge < -0.3 is 14.2 Å². The number of aromatic carboxylic acids is 1. The Kier molecular flexibility index (Phi) is 2.72. The number of rotatable bonds is 4. The molecule has 1 N–H and O–H groups in total. The zero-order chi connectivity index (χ0) is 11.5. The molecule has 84 valence electrons. The zero-order valence-corrected chi connectivity index (χ0v) is 8.75. The lowest BCUT2D eigenvalue weighted by Crippen LogP contribution is -2.09. The van der Waals surface area contributed by atoms with E-state index >= 15 is 0 Å². The van der Waals surface area contributed by atoms with Gasteiger partial charge in [0, 0.05) is 12.6 Å². The van der Waals surface area contributed by atoms with Crippen LogP contribution in [0.15, 0.2) is 22.9 Å². The highest BCUT2D eigenvalue weighted by atomic mass is 16.5. The summed E-state index contributed by atoms with van der Waals surface area (Å²) in [6.45, 7) is 2.22. The summed E-state index contributed by atoms with van der Waals surface area (Å²) in [6.07, 6.45) is 2.34. The van der Waals surface area contributed by atoms with Gasteiger partial charge in [-0.3, -0.25) is 0 Å². The van der Waals surface area contributed by atoms with Gasteiger partial charge >= 0.3 is 5.97 Å². The van der Waals surface area contributed by atoms with Crippen molar-refractivity contribution in [3.63, 3.8) is 0 Å². The van der Waals surface area contributed by atoms with Crippen LogP contribution in [-0.4, -0.2) is 25.8 Å². The molecule has 2 aromatic heterocycles. The van der Waals surface area contributed by atoms with Crippen LogP contribution in [0.2, 0.25) is 0 Å². The van der Waals surface area contributed by atoms with E-state index in [1.165, 1.54) is 6.07 Å². The molecule has 0 amide bonds. The van der Waals surface area contributed by atoms with Gasteiger partial charge in [0.1, 0.15) is 5.69 Å². The molecule has 0 unspecified atom stereocenters. The SMILES string of the molecule is CCc1nc(Cn2cccc2C(=O)O)no1. The van der Waals surface area contributed by atoms with E-state index in [1.54, 1.807) is 16.8 Å². The topological polar surface area (TPSA) is 81.2 Å². The highest BCUT2D eigenvalue weighted by molar-refractivity contribution is 5.85. The van der Waals surface area contributed by atoms with Gasteiger partial charge in [-0.15, -0.1) is 0 Å². The van der Waals surface area contributed by atoms with Gasteiger partial charge in [0.15, 0.2) is 5.82 Å². The molecule has 2 aromatic rings. The molecule has 0 aromatic carbocycles. The number of hydrogen-bond acceptors (Lipinski definition) is 4. The summed E-state index contributed by atoms with van der Waals surface area (Å²) in [6, 6.07) is 3.20. The summed E-state index contributed by atoms with van der Waals surface area (Å²) in [5.74, 6) is 0.0683. The Labute approximate surface area is 91.5 Å². The predicted octanol–water partition coefficient (Wildman–Crippen LogP) is 1.18. The van der Waals surface area contributed by atoms with Gasteiger partial charge in [-0.1, -0.05) is 12.1 Å². The van der Waals surface area contributed by atoms with Gasteiger partial charge in [0.2, 0.25) is 5.89 Å². The van der Waals surface area contributed by atoms with Crippen molar-refractivity contribution in [3.05, 3.63) is 35.7 Å². The molecular weight excluding hydrogens is 210 g/mol. The summed E-state index contributed by atoms with van der Waals surface area (Å²) in [5.41, 5.74) is 0.211. The molecule has 0 atom stereocenters. The maximum absolute atomic E-state index is 10.8. The Morgan fingerprint density at radius 3 is 3.06 bits per heavy atom. The van der Waals surface area contributed by atoms with E-state index < -0.39 is 5.97 Å². The summed E-state index contributed by atoms with van der Waals surface area (Å²) in [4.78, 5) is 15.0. The second-order valence-corrected chi connectivity index (χ2v) is 3.28. The van der Waals surface area contributed by atoms with Crippen molar-refractivity contribution in [3.8, 4) is 0 Å². The van der Waals surface area contributed by atoms with Crippen LogP contribution in [0.3, 0.4) is 0 Å². The molecule has 2 rings (SSSR count). The smallest absolute Gasteiger partial charge is 0.352 e. The second-order valence-electron chi connectivity index (χ2n) is 3.28. The molecule has 16 heavy (non-hydrogen) atoms. The third-order valence-electron chi connectivity index (χ3n) is 2.17. The number of aryl methyl sites for hydroxylation is 1. The van der Waals surface area contributed by atoms with Crippen LogP contribution in [0.5, 0.6) is 0 Å². The molecule has 0 aliphatic carbocycles. The number of carboxylic acid groups (broad SMARTS) is 1. The molecule has 6 nitrogen and oxygen atoms in total. The van der Waals surface area contributed by atoms with Crippen LogP contribution in [0, 0.1) is 0 Å². The Hall–Kier alpha value is -2.11. The molecule has 0 saturated heterocycles. The maximum atomic E-state index is 10.8. The molecule has 0 aliphatic rings. The van der Waals surface area contributed by atoms with E-state index in [0.29, 0.717) is 24.7 Å². The first-order chi connectivity index (χ1) is 7.70. The number of hydrogen-bond donors (Lipinski definition) is 1. The molecule has 2 heterocycles. The normalized spacial score (nSPS) is 10.6.